The van der Waals surface area contributed by atoms with Crippen molar-refractivity contribution in [3.05, 3.63) is 43.5 Å². The highest BCUT2D eigenvalue weighted by Gasteiger charge is 2.15. The highest BCUT2D eigenvalue weighted by atomic mass is 35.5. The number of anilines is 1. The molecule has 0 aliphatic heterocycles. The lowest BCUT2D eigenvalue weighted by molar-refractivity contribution is -0.384. The molecular weight excluding hydrogens is 276 g/mol. The van der Waals surface area contributed by atoms with Crippen molar-refractivity contribution in [3.8, 4) is 0 Å². The number of halogens is 1. The van der Waals surface area contributed by atoms with Crippen LogP contribution < -0.4 is 5.32 Å². The van der Waals surface area contributed by atoms with Crippen molar-refractivity contribution in [3.63, 3.8) is 0 Å². The average molecular weight is 285 g/mol. The third-order valence-electron chi connectivity index (χ3n) is 2.13. The molecule has 0 saturated carbocycles. The maximum Gasteiger partial charge on any atom is 0.312 e. The third kappa shape index (κ3) is 2.93. The predicted octanol–water partition coefficient (Wildman–Crippen LogP) is 3.02. The summed E-state index contributed by atoms with van der Waals surface area (Å²) in [5, 5.41) is 14.9. The molecule has 0 saturated heterocycles. The Morgan fingerprint density at radius 2 is 2.28 bits per heavy atom. The highest BCUT2D eigenvalue weighted by Crippen LogP contribution is 2.25. The summed E-state index contributed by atoms with van der Waals surface area (Å²) in [5.74, 6) is 0.204. The summed E-state index contributed by atoms with van der Waals surface area (Å²) in [7, 11) is 0. The number of hydrogen-bond acceptors (Lipinski definition) is 6. The number of pyridine rings is 1. The van der Waals surface area contributed by atoms with Crippen LogP contribution in [0.3, 0.4) is 0 Å². The standard InChI is InChI=1S/C10H9ClN4O2S/c1-6-12-4-8(18-6)5-14-10-9(15(16)17)2-7(11)3-13-10/h2-4H,5H2,1H3,(H,13,14). The van der Waals surface area contributed by atoms with Gasteiger partial charge in [0, 0.05) is 23.3 Å². The van der Waals surface area contributed by atoms with E-state index < -0.39 is 4.92 Å². The summed E-state index contributed by atoms with van der Waals surface area (Å²) < 4.78 is 0. The highest BCUT2D eigenvalue weighted by molar-refractivity contribution is 7.11. The van der Waals surface area contributed by atoms with E-state index >= 15 is 0 Å². The van der Waals surface area contributed by atoms with Crippen LogP contribution in [0.5, 0.6) is 0 Å². The van der Waals surface area contributed by atoms with Crippen LogP contribution in [0.15, 0.2) is 18.5 Å². The molecule has 0 atom stereocenters. The van der Waals surface area contributed by atoms with Crippen molar-refractivity contribution in [1.82, 2.24) is 9.97 Å². The fourth-order valence-electron chi connectivity index (χ4n) is 1.36. The Hall–Kier alpha value is -1.73. The van der Waals surface area contributed by atoms with Gasteiger partial charge in [-0.1, -0.05) is 11.6 Å². The summed E-state index contributed by atoms with van der Waals surface area (Å²) in [4.78, 5) is 19.3. The van der Waals surface area contributed by atoms with Crippen LogP contribution in [0.4, 0.5) is 11.5 Å². The molecular formula is C10H9ClN4O2S. The molecule has 0 amide bonds. The normalized spacial score (nSPS) is 10.3. The Kier molecular flexibility index (Phi) is 3.73. The Balaban J connectivity index is 2.16. The first-order chi connectivity index (χ1) is 8.56. The van der Waals surface area contributed by atoms with Gasteiger partial charge in [0.2, 0.25) is 5.82 Å². The van der Waals surface area contributed by atoms with E-state index in [0.717, 1.165) is 9.88 Å². The van der Waals surface area contributed by atoms with Crippen molar-refractivity contribution in [2.75, 3.05) is 5.32 Å². The van der Waals surface area contributed by atoms with Crippen molar-refractivity contribution >= 4 is 34.4 Å². The molecule has 0 aromatic carbocycles. The van der Waals surface area contributed by atoms with Gasteiger partial charge in [-0.05, 0) is 6.92 Å². The van der Waals surface area contributed by atoms with Crippen LogP contribution in [0.25, 0.3) is 0 Å². The first kappa shape index (κ1) is 12.7. The van der Waals surface area contributed by atoms with Gasteiger partial charge in [0.25, 0.3) is 0 Å². The van der Waals surface area contributed by atoms with E-state index in [1.807, 2.05) is 6.92 Å². The molecule has 2 rings (SSSR count). The molecule has 2 aromatic rings. The fraction of sp³-hybridized carbons (Fsp3) is 0.200. The Morgan fingerprint density at radius 1 is 1.50 bits per heavy atom. The molecule has 0 radical (unpaired) electrons. The number of nitrogens with zero attached hydrogens (tertiary/aromatic N) is 3. The van der Waals surface area contributed by atoms with E-state index in [0.29, 0.717) is 6.54 Å². The predicted molar refractivity (Wildman–Crippen MR) is 70.1 cm³/mol. The SMILES string of the molecule is Cc1ncc(CNc2ncc(Cl)cc2[N+](=O)[O-])s1. The molecule has 0 aliphatic rings. The molecule has 8 heteroatoms. The number of nitro groups is 1. The summed E-state index contributed by atoms with van der Waals surface area (Å²) >= 11 is 7.21. The molecule has 94 valence electrons. The molecule has 0 fully saturated rings. The van der Waals surface area contributed by atoms with Gasteiger partial charge in [-0.25, -0.2) is 9.97 Å². The number of thiazole rings is 1. The van der Waals surface area contributed by atoms with Gasteiger partial charge in [-0.15, -0.1) is 11.3 Å². The minimum absolute atomic E-state index is 0.135. The van der Waals surface area contributed by atoms with Gasteiger partial charge < -0.3 is 5.32 Å². The second kappa shape index (κ2) is 5.28. The van der Waals surface area contributed by atoms with E-state index in [1.165, 1.54) is 23.6 Å². The first-order valence-corrected chi connectivity index (χ1v) is 6.21. The summed E-state index contributed by atoms with van der Waals surface area (Å²) in [6.07, 6.45) is 3.10. The molecule has 0 bridgehead atoms. The van der Waals surface area contributed by atoms with E-state index in [4.69, 9.17) is 11.6 Å². The fourth-order valence-corrected chi connectivity index (χ4v) is 2.25. The average Bonchev–Trinajstić information content (AvgIpc) is 2.73. The Bertz CT molecular complexity index is 587. The molecule has 6 nitrogen and oxygen atoms in total. The molecule has 0 unspecified atom stereocenters. The van der Waals surface area contributed by atoms with Crippen molar-refractivity contribution in [1.29, 1.82) is 0 Å². The van der Waals surface area contributed by atoms with E-state index in [2.05, 4.69) is 15.3 Å². The summed E-state index contributed by atoms with van der Waals surface area (Å²) in [6, 6.07) is 1.27. The Morgan fingerprint density at radius 3 is 2.89 bits per heavy atom. The van der Waals surface area contributed by atoms with Crippen LogP contribution >= 0.6 is 22.9 Å². The Labute approximate surface area is 112 Å². The summed E-state index contributed by atoms with van der Waals surface area (Å²) in [6.45, 7) is 2.35. The molecule has 0 spiro atoms. The first-order valence-electron chi connectivity index (χ1n) is 5.01. The van der Waals surface area contributed by atoms with Crippen molar-refractivity contribution < 1.29 is 4.92 Å². The quantitative estimate of drug-likeness (QED) is 0.689. The van der Waals surface area contributed by atoms with Crippen LogP contribution in [-0.4, -0.2) is 14.9 Å². The monoisotopic (exact) mass is 284 g/mol. The molecule has 2 heterocycles. The lowest BCUT2D eigenvalue weighted by Gasteiger charge is -2.04. The zero-order valence-electron chi connectivity index (χ0n) is 9.38. The smallest absolute Gasteiger partial charge is 0.312 e. The maximum atomic E-state index is 10.8. The van der Waals surface area contributed by atoms with Gasteiger partial charge in [-0.2, -0.15) is 0 Å². The summed E-state index contributed by atoms with van der Waals surface area (Å²) in [5.41, 5.74) is -0.135. The van der Waals surface area contributed by atoms with E-state index in [9.17, 15) is 10.1 Å². The van der Waals surface area contributed by atoms with Gasteiger partial charge >= 0.3 is 5.69 Å². The number of aryl methyl sites for hydroxylation is 1. The van der Waals surface area contributed by atoms with Gasteiger partial charge in [-0.3, -0.25) is 10.1 Å². The van der Waals surface area contributed by atoms with E-state index in [1.54, 1.807) is 6.20 Å². The van der Waals surface area contributed by atoms with Crippen molar-refractivity contribution in [2.24, 2.45) is 0 Å². The number of rotatable bonds is 4. The minimum Gasteiger partial charge on any atom is -0.359 e. The van der Waals surface area contributed by atoms with Crippen LogP contribution in [-0.2, 0) is 6.54 Å². The van der Waals surface area contributed by atoms with Crippen LogP contribution in [0.2, 0.25) is 5.02 Å². The van der Waals surface area contributed by atoms with Crippen LogP contribution in [0.1, 0.15) is 9.88 Å². The van der Waals surface area contributed by atoms with Crippen molar-refractivity contribution in [2.45, 2.75) is 13.5 Å². The zero-order chi connectivity index (χ0) is 13.1. The second-order valence-corrected chi connectivity index (χ2v) is 5.23. The zero-order valence-corrected chi connectivity index (χ0v) is 11.0. The van der Waals surface area contributed by atoms with Crippen LogP contribution in [0, 0.1) is 17.0 Å². The minimum atomic E-state index is -0.515. The van der Waals surface area contributed by atoms with Gasteiger partial charge in [0.05, 0.1) is 21.5 Å². The second-order valence-electron chi connectivity index (χ2n) is 3.48. The third-order valence-corrected chi connectivity index (χ3v) is 3.25. The largest absolute Gasteiger partial charge is 0.359 e. The van der Waals surface area contributed by atoms with Gasteiger partial charge in [0.15, 0.2) is 0 Å². The number of nitrogens with one attached hydrogen (secondary N) is 1. The molecule has 0 aliphatic carbocycles. The van der Waals surface area contributed by atoms with Gasteiger partial charge in [0.1, 0.15) is 0 Å². The topological polar surface area (TPSA) is 81.0 Å². The maximum absolute atomic E-state index is 10.8. The molecule has 18 heavy (non-hydrogen) atoms. The molecule has 2 aromatic heterocycles. The molecule has 1 N–H and O–H groups in total. The number of aromatic nitrogens is 2. The lowest BCUT2D eigenvalue weighted by Crippen LogP contribution is -2.03. The lowest BCUT2D eigenvalue weighted by atomic mass is 10.4. The number of hydrogen-bond donors (Lipinski definition) is 1. The van der Waals surface area contributed by atoms with E-state index in [-0.39, 0.29) is 16.5 Å².